The van der Waals surface area contributed by atoms with E-state index in [2.05, 4.69) is 0 Å². The summed E-state index contributed by atoms with van der Waals surface area (Å²) in [5, 5.41) is 8.76. The zero-order valence-electron chi connectivity index (χ0n) is 8.87. The fourth-order valence-electron chi connectivity index (χ4n) is 1.18. The molecule has 0 saturated carbocycles. The van der Waals surface area contributed by atoms with Crippen molar-refractivity contribution < 1.29 is 19.0 Å². The summed E-state index contributed by atoms with van der Waals surface area (Å²) in [6.07, 6.45) is 0. The molecule has 0 saturated heterocycles. The van der Waals surface area contributed by atoms with Crippen LogP contribution in [0.2, 0.25) is 0 Å². The van der Waals surface area contributed by atoms with Crippen molar-refractivity contribution in [2.45, 2.75) is 19.4 Å². The molecular formula is C11H13FO3. The largest absolute Gasteiger partial charge is 0.478 e. The summed E-state index contributed by atoms with van der Waals surface area (Å²) in [6, 6.07) is 3.67. The van der Waals surface area contributed by atoms with Crippen molar-refractivity contribution in [3.05, 3.63) is 35.1 Å². The summed E-state index contributed by atoms with van der Waals surface area (Å²) in [5.74, 6) is -1.72. The van der Waals surface area contributed by atoms with Crippen molar-refractivity contribution in [2.75, 3.05) is 7.11 Å². The van der Waals surface area contributed by atoms with E-state index in [1.165, 1.54) is 19.2 Å². The van der Waals surface area contributed by atoms with Gasteiger partial charge in [0.25, 0.3) is 0 Å². The summed E-state index contributed by atoms with van der Waals surface area (Å²) < 4.78 is 18.3. The molecule has 1 aromatic rings. The minimum atomic E-state index is -1.15. The number of hydrogen-bond acceptors (Lipinski definition) is 2. The summed E-state index contributed by atoms with van der Waals surface area (Å²) in [5.41, 5.74) is -0.274. The number of methoxy groups -OCH3 is 1. The van der Waals surface area contributed by atoms with Crippen LogP contribution in [0.5, 0.6) is 0 Å². The second kappa shape index (κ2) is 3.98. The molecule has 0 fully saturated rings. The molecule has 0 atom stereocenters. The summed E-state index contributed by atoms with van der Waals surface area (Å²) in [4.78, 5) is 10.7. The molecule has 15 heavy (non-hydrogen) atoms. The Labute approximate surface area is 87.5 Å². The number of rotatable bonds is 3. The molecule has 0 amide bonds. The molecule has 0 aliphatic rings. The lowest BCUT2D eigenvalue weighted by Gasteiger charge is -2.23. The molecule has 0 aromatic heterocycles. The predicted molar refractivity (Wildman–Crippen MR) is 53.4 cm³/mol. The average Bonchev–Trinajstić information content (AvgIpc) is 2.16. The normalized spacial score (nSPS) is 11.5. The molecule has 0 aliphatic carbocycles. The Morgan fingerprint density at radius 1 is 1.40 bits per heavy atom. The third kappa shape index (κ3) is 2.53. The molecule has 0 heterocycles. The van der Waals surface area contributed by atoms with Crippen molar-refractivity contribution in [3.8, 4) is 0 Å². The van der Waals surface area contributed by atoms with Crippen LogP contribution in [-0.4, -0.2) is 18.2 Å². The molecule has 0 bridgehead atoms. The highest BCUT2D eigenvalue weighted by atomic mass is 19.1. The fourth-order valence-corrected chi connectivity index (χ4v) is 1.18. The number of benzene rings is 1. The van der Waals surface area contributed by atoms with Crippen LogP contribution >= 0.6 is 0 Å². The van der Waals surface area contributed by atoms with Gasteiger partial charge in [-0.25, -0.2) is 9.18 Å². The second-order valence-electron chi connectivity index (χ2n) is 3.75. The highest BCUT2D eigenvalue weighted by molar-refractivity contribution is 5.87. The Balaban J connectivity index is 3.26. The van der Waals surface area contributed by atoms with E-state index in [-0.39, 0.29) is 5.56 Å². The SMILES string of the molecule is COC(C)(C)c1cc(F)cc(C(=O)O)c1. The van der Waals surface area contributed by atoms with E-state index in [4.69, 9.17) is 9.84 Å². The van der Waals surface area contributed by atoms with E-state index in [0.29, 0.717) is 5.56 Å². The lowest BCUT2D eigenvalue weighted by Crippen LogP contribution is -2.20. The van der Waals surface area contributed by atoms with Crippen molar-refractivity contribution in [2.24, 2.45) is 0 Å². The molecule has 1 aromatic carbocycles. The Hall–Kier alpha value is -1.42. The van der Waals surface area contributed by atoms with Crippen LogP contribution < -0.4 is 0 Å². The summed E-state index contributed by atoms with van der Waals surface area (Å²) >= 11 is 0. The Kier molecular flexibility index (Phi) is 3.09. The Morgan fingerprint density at radius 3 is 2.47 bits per heavy atom. The van der Waals surface area contributed by atoms with Gasteiger partial charge in [0, 0.05) is 7.11 Å². The van der Waals surface area contributed by atoms with Gasteiger partial charge < -0.3 is 9.84 Å². The quantitative estimate of drug-likeness (QED) is 0.836. The van der Waals surface area contributed by atoms with Gasteiger partial charge >= 0.3 is 5.97 Å². The van der Waals surface area contributed by atoms with Gasteiger partial charge in [-0.3, -0.25) is 0 Å². The highest BCUT2D eigenvalue weighted by Crippen LogP contribution is 2.25. The monoisotopic (exact) mass is 212 g/mol. The lowest BCUT2D eigenvalue weighted by atomic mass is 9.96. The molecular weight excluding hydrogens is 199 g/mol. The maximum Gasteiger partial charge on any atom is 0.335 e. The number of ether oxygens (including phenoxy) is 1. The van der Waals surface area contributed by atoms with Crippen molar-refractivity contribution in [3.63, 3.8) is 0 Å². The van der Waals surface area contributed by atoms with E-state index in [1.807, 2.05) is 0 Å². The van der Waals surface area contributed by atoms with Crippen LogP contribution in [0.15, 0.2) is 18.2 Å². The van der Waals surface area contributed by atoms with Crippen LogP contribution in [0.4, 0.5) is 4.39 Å². The van der Waals surface area contributed by atoms with Crippen LogP contribution in [0.3, 0.4) is 0 Å². The number of carboxylic acid groups (broad SMARTS) is 1. The molecule has 0 radical (unpaired) electrons. The van der Waals surface area contributed by atoms with Crippen molar-refractivity contribution >= 4 is 5.97 Å². The summed E-state index contributed by atoms with van der Waals surface area (Å²) in [6.45, 7) is 3.49. The first-order valence-electron chi connectivity index (χ1n) is 4.46. The number of carboxylic acids is 1. The minimum absolute atomic E-state index is 0.0740. The van der Waals surface area contributed by atoms with Gasteiger partial charge in [0.15, 0.2) is 0 Å². The molecule has 82 valence electrons. The van der Waals surface area contributed by atoms with Crippen molar-refractivity contribution in [1.82, 2.24) is 0 Å². The third-order valence-electron chi connectivity index (χ3n) is 2.35. The van der Waals surface area contributed by atoms with Crippen LogP contribution in [0.25, 0.3) is 0 Å². The zero-order valence-corrected chi connectivity index (χ0v) is 8.87. The van der Waals surface area contributed by atoms with E-state index < -0.39 is 17.4 Å². The predicted octanol–water partition coefficient (Wildman–Crippen LogP) is 2.41. The number of hydrogen-bond donors (Lipinski definition) is 1. The van der Waals surface area contributed by atoms with Gasteiger partial charge in [0.1, 0.15) is 5.82 Å². The first kappa shape index (κ1) is 11.7. The Bertz CT molecular complexity index is 385. The fraction of sp³-hybridized carbons (Fsp3) is 0.364. The zero-order chi connectivity index (χ0) is 11.6. The first-order chi connectivity index (χ1) is 6.86. The van der Waals surface area contributed by atoms with Gasteiger partial charge in [-0.2, -0.15) is 0 Å². The molecule has 3 nitrogen and oxygen atoms in total. The minimum Gasteiger partial charge on any atom is -0.478 e. The van der Waals surface area contributed by atoms with E-state index in [9.17, 15) is 9.18 Å². The van der Waals surface area contributed by atoms with Gasteiger partial charge in [-0.05, 0) is 37.6 Å². The molecule has 0 unspecified atom stereocenters. The van der Waals surface area contributed by atoms with E-state index in [0.717, 1.165) is 6.07 Å². The summed E-state index contributed by atoms with van der Waals surface area (Å²) in [7, 11) is 1.49. The van der Waals surface area contributed by atoms with Crippen LogP contribution in [0, 0.1) is 5.82 Å². The maximum atomic E-state index is 13.1. The number of halogens is 1. The van der Waals surface area contributed by atoms with Gasteiger partial charge in [0.2, 0.25) is 0 Å². The smallest absolute Gasteiger partial charge is 0.335 e. The molecule has 0 spiro atoms. The van der Waals surface area contributed by atoms with Crippen LogP contribution in [0.1, 0.15) is 29.8 Å². The second-order valence-corrected chi connectivity index (χ2v) is 3.75. The van der Waals surface area contributed by atoms with Crippen LogP contribution in [-0.2, 0) is 10.3 Å². The average molecular weight is 212 g/mol. The number of aromatic carboxylic acids is 1. The topological polar surface area (TPSA) is 46.5 Å². The molecule has 1 N–H and O–H groups in total. The first-order valence-corrected chi connectivity index (χ1v) is 4.46. The molecule has 4 heteroatoms. The molecule has 0 aliphatic heterocycles. The molecule has 1 rings (SSSR count). The van der Waals surface area contributed by atoms with Gasteiger partial charge in [-0.15, -0.1) is 0 Å². The highest BCUT2D eigenvalue weighted by Gasteiger charge is 2.21. The van der Waals surface area contributed by atoms with Gasteiger partial charge in [0.05, 0.1) is 11.2 Å². The lowest BCUT2D eigenvalue weighted by molar-refractivity contribution is 0.0189. The maximum absolute atomic E-state index is 13.1. The standard InChI is InChI=1S/C11H13FO3/c1-11(2,15-3)8-4-7(10(13)14)5-9(12)6-8/h4-6H,1-3H3,(H,13,14). The van der Waals surface area contributed by atoms with E-state index >= 15 is 0 Å². The Morgan fingerprint density at radius 2 is 2.00 bits per heavy atom. The number of carbonyl (C=O) groups is 1. The van der Waals surface area contributed by atoms with Gasteiger partial charge in [-0.1, -0.05) is 0 Å². The van der Waals surface area contributed by atoms with Crippen molar-refractivity contribution in [1.29, 1.82) is 0 Å². The van der Waals surface area contributed by atoms with E-state index in [1.54, 1.807) is 13.8 Å². The third-order valence-corrected chi connectivity index (χ3v) is 2.35.